The number of hydrogen-bond acceptors (Lipinski definition) is 5. The first-order chi connectivity index (χ1) is 12.3. The molecule has 0 aliphatic heterocycles. The van der Waals surface area contributed by atoms with Gasteiger partial charge in [-0.25, -0.2) is 8.42 Å². The van der Waals surface area contributed by atoms with Crippen LogP contribution in [0.25, 0.3) is 5.70 Å². The van der Waals surface area contributed by atoms with E-state index in [9.17, 15) is 22.8 Å². The molecule has 0 bridgehead atoms. The molecule has 2 aromatic rings. The van der Waals surface area contributed by atoms with Crippen molar-refractivity contribution in [1.82, 2.24) is 4.72 Å². The van der Waals surface area contributed by atoms with Crippen molar-refractivity contribution in [2.24, 2.45) is 0 Å². The maximum Gasteiger partial charge on any atom is 0.261 e. The Kier molecular flexibility index (Phi) is 4.43. The number of rotatable bonds is 4. The van der Waals surface area contributed by atoms with Crippen LogP contribution < -0.4 is 10.0 Å². The van der Waals surface area contributed by atoms with Crippen LogP contribution in [0, 0.1) is 0 Å². The maximum atomic E-state index is 12.6. The van der Waals surface area contributed by atoms with Gasteiger partial charge in [-0.15, -0.1) is 0 Å². The van der Waals surface area contributed by atoms with Crippen molar-refractivity contribution in [2.75, 3.05) is 5.32 Å². The summed E-state index contributed by atoms with van der Waals surface area (Å²) in [4.78, 5) is 34.7. The van der Waals surface area contributed by atoms with Crippen LogP contribution in [-0.4, -0.2) is 25.9 Å². The first-order valence-corrected chi connectivity index (χ1v) is 9.06. The number of fused-ring (bicyclic) bond motifs is 1. The highest BCUT2D eigenvalue weighted by atomic mass is 32.2. The lowest BCUT2D eigenvalue weighted by molar-refractivity contribution is -0.114. The van der Waals surface area contributed by atoms with Gasteiger partial charge < -0.3 is 5.32 Å². The number of sulfonamides is 1. The maximum absolute atomic E-state index is 12.6. The molecular formula is C18H14N2O5S. The Hall–Kier alpha value is -3.26. The lowest BCUT2D eigenvalue weighted by atomic mass is 9.93. The van der Waals surface area contributed by atoms with E-state index in [0.29, 0.717) is 11.3 Å². The molecule has 2 aromatic carbocycles. The first kappa shape index (κ1) is 17.6. The Morgan fingerprint density at radius 3 is 2.15 bits per heavy atom. The summed E-state index contributed by atoms with van der Waals surface area (Å²) in [7, 11) is -3.98. The van der Waals surface area contributed by atoms with E-state index in [0.717, 1.165) is 6.08 Å². The van der Waals surface area contributed by atoms with Gasteiger partial charge in [0, 0.05) is 29.8 Å². The minimum Gasteiger partial charge on any atom is -0.326 e. The summed E-state index contributed by atoms with van der Waals surface area (Å²) in [6.45, 7) is 1.34. The van der Waals surface area contributed by atoms with Crippen LogP contribution in [0.1, 0.15) is 22.8 Å². The minimum absolute atomic E-state index is 0.0381. The Bertz CT molecular complexity index is 1050. The second-order valence-electron chi connectivity index (χ2n) is 5.61. The van der Waals surface area contributed by atoms with Gasteiger partial charge in [-0.1, -0.05) is 24.3 Å². The highest BCUT2D eigenvalue weighted by molar-refractivity contribution is 7.89. The summed E-state index contributed by atoms with van der Waals surface area (Å²) in [5, 5.41) is 2.54. The fraction of sp³-hybridized carbons (Fsp3) is 0.0556. The van der Waals surface area contributed by atoms with Crippen molar-refractivity contribution in [3.05, 3.63) is 65.7 Å². The average molecular weight is 370 g/mol. The van der Waals surface area contributed by atoms with E-state index in [1.165, 1.54) is 37.3 Å². The lowest BCUT2D eigenvalue weighted by Gasteiger charge is -2.18. The molecule has 0 fully saturated rings. The Balaban J connectivity index is 1.92. The fourth-order valence-corrected chi connectivity index (χ4v) is 3.60. The summed E-state index contributed by atoms with van der Waals surface area (Å²) in [6, 6.07) is 11.8. The number of allylic oxidation sites excluding steroid dienone is 1. The van der Waals surface area contributed by atoms with Crippen molar-refractivity contribution in [3.63, 3.8) is 0 Å². The highest BCUT2D eigenvalue weighted by Crippen LogP contribution is 2.25. The van der Waals surface area contributed by atoms with E-state index < -0.39 is 21.6 Å². The molecule has 1 aliphatic carbocycles. The molecular weight excluding hydrogens is 356 g/mol. The molecule has 26 heavy (non-hydrogen) atoms. The van der Waals surface area contributed by atoms with Crippen molar-refractivity contribution < 1.29 is 22.8 Å². The van der Waals surface area contributed by atoms with Gasteiger partial charge >= 0.3 is 0 Å². The third-order valence-corrected chi connectivity index (χ3v) is 5.07. The SMILES string of the molecule is CC(=O)Nc1ccc(S(=O)(=O)NC2=CC(=O)C(=O)c3ccccc32)cc1. The zero-order valence-corrected chi connectivity index (χ0v) is 14.5. The quantitative estimate of drug-likeness (QED) is 0.797. The molecule has 1 amide bonds. The third kappa shape index (κ3) is 3.40. The predicted octanol–water partition coefficient (Wildman–Crippen LogP) is 1.73. The number of anilines is 1. The van der Waals surface area contributed by atoms with Gasteiger partial charge in [-0.3, -0.25) is 19.1 Å². The van der Waals surface area contributed by atoms with Crippen LogP contribution in [0.5, 0.6) is 0 Å². The molecule has 3 rings (SSSR count). The molecule has 0 aromatic heterocycles. The Morgan fingerprint density at radius 1 is 0.923 bits per heavy atom. The normalized spacial score (nSPS) is 13.7. The van der Waals surface area contributed by atoms with Gasteiger partial charge in [0.2, 0.25) is 17.5 Å². The Labute approximate surface area is 149 Å². The van der Waals surface area contributed by atoms with E-state index in [1.807, 2.05) is 0 Å². The third-order valence-electron chi connectivity index (χ3n) is 3.69. The van der Waals surface area contributed by atoms with Crippen molar-refractivity contribution in [1.29, 1.82) is 0 Å². The molecule has 0 spiro atoms. The minimum atomic E-state index is -3.98. The van der Waals surface area contributed by atoms with Gasteiger partial charge in [0.25, 0.3) is 10.0 Å². The molecule has 0 atom stereocenters. The summed E-state index contributed by atoms with van der Waals surface area (Å²) >= 11 is 0. The van der Waals surface area contributed by atoms with Gasteiger partial charge in [0.1, 0.15) is 0 Å². The van der Waals surface area contributed by atoms with Gasteiger partial charge in [-0.05, 0) is 24.3 Å². The van der Waals surface area contributed by atoms with Gasteiger partial charge in [0.05, 0.1) is 10.6 Å². The summed E-state index contributed by atoms with van der Waals surface area (Å²) in [5.74, 6) is -1.74. The molecule has 7 nitrogen and oxygen atoms in total. The predicted molar refractivity (Wildman–Crippen MR) is 94.8 cm³/mol. The molecule has 132 valence electrons. The number of nitrogens with one attached hydrogen (secondary N) is 2. The second-order valence-corrected chi connectivity index (χ2v) is 7.29. The topological polar surface area (TPSA) is 109 Å². The van der Waals surface area contributed by atoms with Gasteiger partial charge in [-0.2, -0.15) is 0 Å². The lowest BCUT2D eigenvalue weighted by Crippen LogP contribution is -2.28. The molecule has 0 heterocycles. The average Bonchev–Trinajstić information content (AvgIpc) is 2.59. The van der Waals surface area contributed by atoms with Crippen molar-refractivity contribution in [3.8, 4) is 0 Å². The van der Waals surface area contributed by atoms with Crippen LogP contribution in [0.15, 0.2) is 59.5 Å². The number of carbonyl (C=O) groups excluding carboxylic acids is 3. The van der Waals surface area contributed by atoms with Crippen LogP contribution in [0.2, 0.25) is 0 Å². The van der Waals surface area contributed by atoms with Crippen LogP contribution >= 0.6 is 0 Å². The molecule has 0 saturated carbocycles. The largest absolute Gasteiger partial charge is 0.326 e. The van der Waals surface area contributed by atoms with Crippen LogP contribution in [-0.2, 0) is 19.6 Å². The molecule has 0 radical (unpaired) electrons. The monoisotopic (exact) mass is 370 g/mol. The number of hydrogen-bond donors (Lipinski definition) is 2. The molecule has 1 aliphatic rings. The Morgan fingerprint density at radius 2 is 1.54 bits per heavy atom. The zero-order valence-electron chi connectivity index (χ0n) is 13.6. The number of carbonyl (C=O) groups is 3. The molecule has 0 saturated heterocycles. The second kappa shape index (κ2) is 6.57. The van der Waals surface area contributed by atoms with Crippen LogP contribution in [0.4, 0.5) is 5.69 Å². The van der Waals surface area contributed by atoms with Crippen molar-refractivity contribution in [2.45, 2.75) is 11.8 Å². The molecule has 8 heteroatoms. The molecule has 0 unspecified atom stereocenters. The number of Topliss-reactive ketones (excluding diaryl/α,β-unsaturated/α-hetero) is 1. The van der Waals surface area contributed by atoms with E-state index in [2.05, 4.69) is 10.0 Å². The van der Waals surface area contributed by atoms with Gasteiger partial charge in [0.15, 0.2) is 0 Å². The zero-order chi connectivity index (χ0) is 18.9. The molecule has 2 N–H and O–H groups in total. The highest BCUT2D eigenvalue weighted by Gasteiger charge is 2.28. The smallest absolute Gasteiger partial charge is 0.261 e. The fourth-order valence-electron chi connectivity index (χ4n) is 2.53. The summed E-state index contributed by atoms with van der Waals surface area (Å²) in [6.07, 6.45) is 0.980. The summed E-state index contributed by atoms with van der Waals surface area (Å²) in [5.41, 5.74) is 0.991. The number of benzene rings is 2. The van der Waals surface area contributed by atoms with E-state index in [1.54, 1.807) is 18.2 Å². The summed E-state index contributed by atoms with van der Waals surface area (Å²) < 4.78 is 27.5. The van der Waals surface area contributed by atoms with E-state index in [-0.39, 0.29) is 22.1 Å². The number of amides is 1. The first-order valence-electron chi connectivity index (χ1n) is 7.58. The van der Waals surface area contributed by atoms with E-state index >= 15 is 0 Å². The number of ketones is 2. The standard InChI is InChI=1S/C18H14N2O5S/c1-11(21)19-12-6-8-13(9-7-12)26(24,25)20-16-10-17(22)18(23)15-5-3-2-4-14(15)16/h2-10,20H,1H3,(H,19,21). The van der Waals surface area contributed by atoms with E-state index in [4.69, 9.17) is 0 Å². The van der Waals surface area contributed by atoms with Crippen molar-refractivity contribution >= 4 is 38.9 Å². The van der Waals surface area contributed by atoms with Crippen LogP contribution in [0.3, 0.4) is 0 Å².